The van der Waals surface area contributed by atoms with E-state index in [-0.39, 0.29) is 29.7 Å². The van der Waals surface area contributed by atoms with Gasteiger partial charge >= 0.3 is 5.69 Å². The first-order valence-corrected chi connectivity index (χ1v) is 7.83. The van der Waals surface area contributed by atoms with Crippen molar-refractivity contribution in [1.29, 1.82) is 0 Å². The number of nitro benzene ring substituents is 1. The average molecular weight is 358 g/mol. The number of benzene rings is 2. The van der Waals surface area contributed by atoms with Crippen molar-refractivity contribution in [2.75, 3.05) is 19.0 Å². The molecule has 0 spiro atoms. The summed E-state index contributed by atoms with van der Waals surface area (Å²) in [5.74, 6) is -0.168. The van der Waals surface area contributed by atoms with Gasteiger partial charge in [-0.3, -0.25) is 19.7 Å². The van der Waals surface area contributed by atoms with Crippen LogP contribution in [0.15, 0.2) is 42.5 Å². The molecule has 0 bridgehead atoms. The van der Waals surface area contributed by atoms with Crippen molar-refractivity contribution in [2.45, 2.75) is 13.3 Å². The molecule has 136 valence electrons. The second kappa shape index (κ2) is 8.61. The Hall–Kier alpha value is -3.42. The lowest BCUT2D eigenvalue weighted by Gasteiger charge is -2.08. The Balaban J connectivity index is 2.04. The van der Waals surface area contributed by atoms with Crippen molar-refractivity contribution in [3.05, 3.63) is 58.1 Å². The minimum absolute atomic E-state index is 0.0176. The van der Waals surface area contributed by atoms with E-state index in [1.807, 2.05) is 0 Å². The lowest BCUT2D eigenvalue weighted by atomic mass is 10.1. The summed E-state index contributed by atoms with van der Waals surface area (Å²) < 4.78 is 10.3. The number of ketones is 1. The number of ether oxygens (including phenoxy) is 2. The lowest BCUT2D eigenvalue weighted by Crippen LogP contribution is -2.13. The van der Waals surface area contributed by atoms with Crippen LogP contribution in [0.4, 0.5) is 11.4 Å². The van der Waals surface area contributed by atoms with Gasteiger partial charge in [0, 0.05) is 17.7 Å². The van der Waals surface area contributed by atoms with E-state index in [0.29, 0.717) is 23.4 Å². The van der Waals surface area contributed by atoms with Crippen LogP contribution >= 0.6 is 0 Å². The Morgan fingerprint density at radius 2 is 1.85 bits per heavy atom. The molecule has 0 saturated heterocycles. The monoisotopic (exact) mass is 358 g/mol. The van der Waals surface area contributed by atoms with Gasteiger partial charge in [0.2, 0.25) is 5.91 Å². The van der Waals surface area contributed by atoms with Crippen LogP contribution in [-0.2, 0) is 4.79 Å². The fraction of sp³-hybridized carbons (Fsp3) is 0.222. The van der Waals surface area contributed by atoms with Crippen molar-refractivity contribution in [1.82, 2.24) is 0 Å². The van der Waals surface area contributed by atoms with Gasteiger partial charge in [0.25, 0.3) is 0 Å². The van der Waals surface area contributed by atoms with E-state index in [0.717, 1.165) is 0 Å². The summed E-state index contributed by atoms with van der Waals surface area (Å²) in [5.41, 5.74) is 0.672. The highest BCUT2D eigenvalue weighted by atomic mass is 16.6. The highest BCUT2D eigenvalue weighted by molar-refractivity contribution is 5.98. The van der Waals surface area contributed by atoms with Crippen LogP contribution in [-0.4, -0.2) is 30.3 Å². The van der Waals surface area contributed by atoms with Gasteiger partial charge < -0.3 is 14.8 Å². The Bertz CT molecular complexity index is 817. The Morgan fingerprint density at radius 1 is 1.15 bits per heavy atom. The van der Waals surface area contributed by atoms with Gasteiger partial charge in [-0.1, -0.05) is 6.92 Å². The van der Waals surface area contributed by atoms with E-state index >= 15 is 0 Å². The second-order valence-electron chi connectivity index (χ2n) is 5.28. The van der Waals surface area contributed by atoms with Crippen LogP contribution in [0.5, 0.6) is 11.5 Å². The number of methoxy groups -OCH3 is 1. The van der Waals surface area contributed by atoms with Gasteiger partial charge in [0.1, 0.15) is 5.75 Å². The number of rotatable bonds is 8. The van der Waals surface area contributed by atoms with E-state index in [2.05, 4.69) is 5.32 Å². The summed E-state index contributed by atoms with van der Waals surface area (Å²) in [6, 6.07) is 10.4. The first-order chi connectivity index (χ1) is 12.4. The van der Waals surface area contributed by atoms with Crippen molar-refractivity contribution < 1.29 is 24.0 Å². The Kier molecular flexibility index (Phi) is 6.26. The number of amides is 1. The number of carbonyl (C=O) groups excluding carboxylic acids is 2. The molecule has 0 aromatic heterocycles. The number of hydrogen-bond donors (Lipinski definition) is 1. The maximum absolute atomic E-state index is 12.2. The SMILES string of the molecule is CCC(=O)Nc1ccc(C(=O)COc2ccc(OC)cc2[N+](=O)[O-])cc1. The topological polar surface area (TPSA) is 108 Å². The summed E-state index contributed by atoms with van der Waals surface area (Å²) >= 11 is 0. The number of carbonyl (C=O) groups is 2. The van der Waals surface area contributed by atoms with Crippen molar-refractivity contribution in [3.8, 4) is 11.5 Å². The van der Waals surface area contributed by atoms with Gasteiger partial charge in [-0.2, -0.15) is 0 Å². The molecule has 26 heavy (non-hydrogen) atoms. The third-order valence-electron chi connectivity index (χ3n) is 3.53. The smallest absolute Gasteiger partial charge is 0.314 e. The molecule has 0 saturated carbocycles. The Morgan fingerprint density at radius 3 is 2.42 bits per heavy atom. The first kappa shape index (κ1) is 18.9. The molecule has 1 amide bonds. The van der Waals surface area contributed by atoms with Gasteiger partial charge in [0.15, 0.2) is 18.1 Å². The molecule has 2 aromatic rings. The van der Waals surface area contributed by atoms with Crippen LogP contribution in [0.3, 0.4) is 0 Å². The number of Topliss-reactive ketones (excluding diaryl/α,β-unsaturated/α-hetero) is 1. The maximum atomic E-state index is 12.2. The standard InChI is InChI=1S/C18H18N2O6/c1-3-18(22)19-13-6-4-12(5-7-13)16(21)11-26-17-9-8-14(25-2)10-15(17)20(23)24/h4-10H,3,11H2,1-2H3,(H,19,22). The lowest BCUT2D eigenvalue weighted by molar-refractivity contribution is -0.385. The number of anilines is 1. The third-order valence-corrected chi connectivity index (χ3v) is 3.53. The summed E-state index contributed by atoms with van der Waals surface area (Å²) in [6.07, 6.45) is 0.356. The first-order valence-electron chi connectivity index (χ1n) is 7.83. The van der Waals surface area contributed by atoms with E-state index in [9.17, 15) is 19.7 Å². The number of nitro groups is 1. The molecule has 8 nitrogen and oxygen atoms in total. The minimum Gasteiger partial charge on any atom is -0.496 e. The molecule has 0 unspecified atom stereocenters. The third kappa shape index (κ3) is 4.79. The zero-order valence-corrected chi connectivity index (χ0v) is 14.4. The van der Waals surface area contributed by atoms with E-state index in [1.54, 1.807) is 31.2 Å². The molecule has 0 aliphatic rings. The summed E-state index contributed by atoms with van der Waals surface area (Å²) in [5, 5.41) is 13.8. The number of hydrogen-bond acceptors (Lipinski definition) is 6. The number of nitrogens with one attached hydrogen (secondary N) is 1. The molecule has 8 heteroatoms. The van der Waals surface area contributed by atoms with Gasteiger partial charge in [-0.25, -0.2) is 0 Å². The largest absolute Gasteiger partial charge is 0.496 e. The van der Waals surface area contributed by atoms with E-state index in [1.165, 1.54) is 25.3 Å². The molecular weight excluding hydrogens is 340 g/mol. The van der Waals surface area contributed by atoms with Crippen LogP contribution in [0.1, 0.15) is 23.7 Å². The molecule has 0 fully saturated rings. The van der Waals surface area contributed by atoms with Crippen LogP contribution in [0.2, 0.25) is 0 Å². The zero-order chi connectivity index (χ0) is 19.1. The summed E-state index contributed by atoms with van der Waals surface area (Å²) in [7, 11) is 1.40. The average Bonchev–Trinajstić information content (AvgIpc) is 2.66. The number of nitrogens with zero attached hydrogens (tertiary/aromatic N) is 1. The van der Waals surface area contributed by atoms with Crippen LogP contribution < -0.4 is 14.8 Å². The fourth-order valence-corrected chi connectivity index (χ4v) is 2.10. The van der Waals surface area contributed by atoms with Crippen LogP contribution in [0.25, 0.3) is 0 Å². The predicted molar refractivity (Wildman–Crippen MR) is 94.8 cm³/mol. The van der Waals surface area contributed by atoms with Gasteiger partial charge in [0.05, 0.1) is 18.1 Å². The van der Waals surface area contributed by atoms with E-state index in [4.69, 9.17) is 9.47 Å². The molecule has 2 aromatic carbocycles. The molecule has 1 N–H and O–H groups in total. The molecular formula is C18H18N2O6. The molecule has 2 rings (SSSR count). The van der Waals surface area contributed by atoms with Crippen LogP contribution in [0, 0.1) is 10.1 Å². The summed E-state index contributed by atoms with van der Waals surface area (Å²) in [6.45, 7) is 1.39. The fourth-order valence-electron chi connectivity index (χ4n) is 2.10. The van der Waals surface area contributed by atoms with Gasteiger partial charge in [-0.15, -0.1) is 0 Å². The normalized spacial score (nSPS) is 10.1. The quantitative estimate of drug-likeness (QED) is 0.441. The van der Waals surface area contributed by atoms with Crippen molar-refractivity contribution in [3.63, 3.8) is 0 Å². The van der Waals surface area contributed by atoms with Crippen molar-refractivity contribution in [2.24, 2.45) is 0 Å². The van der Waals surface area contributed by atoms with E-state index < -0.39 is 4.92 Å². The molecule has 0 aliphatic heterocycles. The highest BCUT2D eigenvalue weighted by Crippen LogP contribution is 2.31. The Labute approximate surface area is 149 Å². The zero-order valence-electron chi connectivity index (χ0n) is 14.4. The second-order valence-corrected chi connectivity index (χ2v) is 5.28. The predicted octanol–water partition coefficient (Wildman–Crippen LogP) is 3.21. The van der Waals surface area contributed by atoms with Crippen molar-refractivity contribution >= 4 is 23.1 Å². The summed E-state index contributed by atoms with van der Waals surface area (Å²) in [4.78, 5) is 34.0. The van der Waals surface area contributed by atoms with Gasteiger partial charge in [-0.05, 0) is 36.4 Å². The molecule has 0 radical (unpaired) electrons. The molecule has 0 aliphatic carbocycles. The minimum atomic E-state index is -0.604. The highest BCUT2D eigenvalue weighted by Gasteiger charge is 2.18. The maximum Gasteiger partial charge on any atom is 0.314 e. The molecule has 0 atom stereocenters. The molecule has 0 heterocycles.